The van der Waals surface area contributed by atoms with Crippen LogP contribution in [0.4, 0.5) is 5.95 Å². The Morgan fingerprint density at radius 1 is 1.15 bits per heavy atom. The number of anilines is 1. The Kier molecular flexibility index (Phi) is 8.04. The number of phosphoric acid groups is 1. The lowest BCUT2D eigenvalue weighted by Crippen LogP contribution is -2.31. The molecular weight excluding hydrogens is 567 g/mol. The molecule has 0 aromatic carbocycles. The van der Waals surface area contributed by atoms with Crippen molar-refractivity contribution in [3.05, 3.63) is 39.3 Å². The van der Waals surface area contributed by atoms with Crippen molar-refractivity contribution in [1.82, 2.24) is 34.1 Å². The summed E-state index contributed by atoms with van der Waals surface area (Å²) < 4.78 is 43.5. The molecule has 2 aliphatic heterocycles. The predicted octanol–water partition coefficient (Wildman–Crippen LogP) is 0.0810. The zero-order valence-electron chi connectivity index (χ0n) is 22.3. The molecule has 1 unspecified atom stereocenters. The van der Waals surface area contributed by atoms with Gasteiger partial charge < -0.3 is 29.8 Å². The average Bonchev–Trinajstić information content (AvgIpc) is 3.59. The number of nitrogens with two attached hydrogens (primary N) is 1. The minimum atomic E-state index is -4.69. The number of aromatic amines is 1. The number of phosphoric ester groups is 1. The Bertz CT molecular complexity index is 1610. The molecule has 3 aromatic heterocycles. The van der Waals surface area contributed by atoms with Gasteiger partial charge in [-0.25, -0.2) is 24.3 Å². The highest BCUT2D eigenvalue weighted by Crippen LogP contribution is 2.49. The maximum Gasteiger partial charge on any atom is 0.472 e. The second kappa shape index (κ2) is 11.4. The van der Waals surface area contributed by atoms with Crippen LogP contribution in [-0.4, -0.2) is 75.9 Å². The molecule has 4 N–H and O–H groups in total. The molecule has 5 heterocycles. The van der Waals surface area contributed by atoms with Gasteiger partial charge in [-0.3, -0.25) is 27.8 Å². The van der Waals surface area contributed by atoms with Crippen LogP contribution in [0.3, 0.4) is 0 Å². The summed E-state index contributed by atoms with van der Waals surface area (Å²) in [5, 5.41) is 0. The van der Waals surface area contributed by atoms with Gasteiger partial charge in [0.2, 0.25) is 5.95 Å². The van der Waals surface area contributed by atoms with E-state index in [2.05, 4.69) is 24.9 Å². The number of imidazole rings is 1. The number of nitrogens with zero attached hydrogens (tertiary/aromatic N) is 6. The summed E-state index contributed by atoms with van der Waals surface area (Å²) in [4.78, 5) is 65.0. The first-order valence-electron chi connectivity index (χ1n) is 12.7. The van der Waals surface area contributed by atoms with E-state index in [1.807, 2.05) is 0 Å². The van der Waals surface area contributed by atoms with E-state index in [4.69, 9.17) is 29.0 Å². The standard InChI is InChI=1S/C22H29N8O10P/c1-4-12-14(6-17(38-12)30-9-25-21(23)28-22(30)33)40-41(34,35)36-7-15-13(37-11(3)31)5-16(39-15)29-8-24-18-19(29)26-10(2)27-20(18)32/h8-9,12-17H,4-7H2,1-3H3,(H,34,35)(H2,23,28,33)(H,26,27,32)/t12-,13-,14-,15-,16-,17-/m1/s1. The number of fused-ring (bicyclic) bond motifs is 1. The number of nitrogen functional groups attached to an aromatic ring is 1. The van der Waals surface area contributed by atoms with E-state index >= 15 is 0 Å². The van der Waals surface area contributed by atoms with Crippen LogP contribution in [0, 0.1) is 6.92 Å². The van der Waals surface area contributed by atoms with Crippen molar-refractivity contribution in [1.29, 1.82) is 0 Å². The summed E-state index contributed by atoms with van der Waals surface area (Å²) >= 11 is 0. The number of carbonyl (C=O) groups is 1. The van der Waals surface area contributed by atoms with Crippen LogP contribution in [0.5, 0.6) is 0 Å². The largest absolute Gasteiger partial charge is 0.472 e. The Morgan fingerprint density at radius 3 is 2.54 bits per heavy atom. The van der Waals surface area contributed by atoms with Gasteiger partial charge in [0.05, 0.1) is 25.1 Å². The van der Waals surface area contributed by atoms with Gasteiger partial charge in [-0.05, 0) is 13.3 Å². The van der Waals surface area contributed by atoms with E-state index in [1.165, 1.54) is 24.1 Å². The van der Waals surface area contributed by atoms with Crippen molar-refractivity contribution in [2.45, 2.75) is 76.9 Å². The van der Waals surface area contributed by atoms with Crippen molar-refractivity contribution < 1.29 is 37.5 Å². The smallest absolute Gasteiger partial charge is 0.460 e. The van der Waals surface area contributed by atoms with Crippen LogP contribution in [0.1, 0.15) is 51.4 Å². The molecular formula is C22H29N8O10P. The zero-order valence-corrected chi connectivity index (χ0v) is 23.2. The average molecular weight is 596 g/mol. The molecule has 7 atom stereocenters. The molecule has 222 valence electrons. The van der Waals surface area contributed by atoms with Crippen LogP contribution in [0.2, 0.25) is 0 Å². The molecule has 18 nitrogen and oxygen atoms in total. The number of H-pyrrole nitrogens is 1. The molecule has 19 heteroatoms. The minimum absolute atomic E-state index is 0.0386. The second-order valence-corrected chi connectivity index (χ2v) is 11.0. The van der Waals surface area contributed by atoms with Crippen molar-refractivity contribution >= 4 is 30.9 Å². The Balaban J connectivity index is 1.27. The van der Waals surface area contributed by atoms with E-state index < -0.39 is 68.5 Å². The summed E-state index contributed by atoms with van der Waals surface area (Å²) in [5.41, 5.74) is 4.70. The van der Waals surface area contributed by atoms with Crippen LogP contribution in [0.15, 0.2) is 22.2 Å². The highest BCUT2D eigenvalue weighted by Gasteiger charge is 2.44. The number of nitrogens with one attached hydrogen (secondary N) is 1. The molecule has 5 rings (SSSR count). The van der Waals surface area contributed by atoms with Crippen LogP contribution in [0.25, 0.3) is 11.2 Å². The minimum Gasteiger partial charge on any atom is -0.460 e. The second-order valence-electron chi connectivity index (χ2n) is 9.57. The highest BCUT2D eigenvalue weighted by molar-refractivity contribution is 7.47. The number of aryl methyl sites for hydroxylation is 1. The number of hydrogen-bond donors (Lipinski definition) is 3. The lowest BCUT2D eigenvalue weighted by Gasteiger charge is -2.23. The fourth-order valence-electron chi connectivity index (χ4n) is 4.87. The Hall–Kier alpha value is -3.54. The molecule has 3 aromatic rings. The summed E-state index contributed by atoms with van der Waals surface area (Å²) in [5.74, 6) is -0.410. The quantitative estimate of drug-likeness (QED) is 0.219. The van der Waals surface area contributed by atoms with Crippen molar-refractivity contribution in [3.63, 3.8) is 0 Å². The number of hydrogen-bond acceptors (Lipinski definition) is 14. The van der Waals surface area contributed by atoms with Gasteiger partial charge in [-0.1, -0.05) is 6.92 Å². The number of ether oxygens (including phenoxy) is 3. The summed E-state index contributed by atoms with van der Waals surface area (Å²) in [6.07, 6.45) is -1.83. The topological polar surface area (TPSA) is 238 Å². The lowest BCUT2D eigenvalue weighted by atomic mass is 10.1. The van der Waals surface area contributed by atoms with Crippen molar-refractivity contribution in [3.8, 4) is 0 Å². The maximum absolute atomic E-state index is 13.0. The predicted molar refractivity (Wildman–Crippen MR) is 137 cm³/mol. The summed E-state index contributed by atoms with van der Waals surface area (Å²) in [7, 11) is -4.69. The third kappa shape index (κ3) is 6.22. The van der Waals surface area contributed by atoms with Crippen LogP contribution in [-0.2, 0) is 32.6 Å². The fraction of sp³-hybridized carbons (Fsp3) is 0.591. The maximum atomic E-state index is 13.0. The first-order chi connectivity index (χ1) is 19.4. The monoisotopic (exact) mass is 596 g/mol. The molecule has 0 saturated carbocycles. The number of carbonyl (C=O) groups excluding carboxylic acids is 1. The summed E-state index contributed by atoms with van der Waals surface area (Å²) in [6.45, 7) is 4.16. The molecule has 0 radical (unpaired) electrons. The van der Waals surface area contributed by atoms with Gasteiger partial charge in [0.15, 0.2) is 11.2 Å². The number of aromatic nitrogens is 7. The van der Waals surface area contributed by atoms with Gasteiger partial charge in [0.25, 0.3) is 5.56 Å². The molecule has 0 spiro atoms. The molecule has 0 aliphatic carbocycles. The molecule has 0 amide bonds. The first kappa shape index (κ1) is 29.0. The fourth-order valence-corrected chi connectivity index (χ4v) is 5.83. The third-order valence-electron chi connectivity index (χ3n) is 6.67. The molecule has 2 saturated heterocycles. The van der Waals surface area contributed by atoms with Gasteiger partial charge in [-0.2, -0.15) is 4.98 Å². The first-order valence-corrected chi connectivity index (χ1v) is 14.2. The van der Waals surface area contributed by atoms with E-state index in [9.17, 15) is 23.8 Å². The van der Waals surface area contributed by atoms with Crippen LogP contribution >= 0.6 is 7.82 Å². The zero-order chi connectivity index (χ0) is 29.5. The van der Waals surface area contributed by atoms with Gasteiger partial charge in [-0.15, -0.1) is 0 Å². The molecule has 41 heavy (non-hydrogen) atoms. The molecule has 0 bridgehead atoms. The Morgan fingerprint density at radius 2 is 1.83 bits per heavy atom. The molecule has 2 aliphatic rings. The van der Waals surface area contributed by atoms with Gasteiger partial charge in [0, 0.05) is 19.8 Å². The third-order valence-corrected chi connectivity index (χ3v) is 7.68. The normalized spacial score (nSPS) is 27.7. The van der Waals surface area contributed by atoms with Crippen molar-refractivity contribution in [2.75, 3.05) is 12.3 Å². The lowest BCUT2D eigenvalue weighted by molar-refractivity contribution is -0.150. The van der Waals surface area contributed by atoms with Crippen molar-refractivity contribution in [2.24, 2.45) is 0 Å². The van der Waals surface area contributed by atoms with Crippen LogP contribution < -0.4 is 17.0 Å². The van der Waals surface area contributed by atoms with E-state index in [0.29, 0.717) is 12.2 Å². The van der Waals surface area contributed by atoms with E-state index in [-0.39, 0.29) is 30.0 Å². The SMILES string of the molecule is CC[C@H]1O[C@@H](n2cnc(N)nc2=O)C[C@H]1OP(=O)(O)OC[C@H]1O[C@@H](n2cnc3c(=O)[nH]c(C)nc32)C[C@H]1OC(C)=O. The van der Waals surface area contributed by atoms with Gasteiger partial charge >= 0.3 is 19.5 Å². The number of rotatable bonds is 9. The number of esters is 1. The van der Waals surface area contributed by atoms with E-state index in [1.54, 1.807) is 13.8 Å². The summed E-state index contributed by atoms with van der Waals surface area (Å²) in [6, 6.07) is 0. The van der Waals surface area contributed by atoms with E-state index in [0.717, 1.165) is 4.57 Å². The van der Waals surface area contributed by atoms with Gasteiger partial charge in [0.1, 0.15) is 36.8 Å². The highest BCUT2D eigenvalue weighted by atomic mass is 31.2. The Labute approximate surface area is 231 Å². The molecule has 2 fully saturated rings.